The Morgan fingerprint density at radius 1 is 1.43 bits per heavy atom. The molecule has 1 aliphatic rings. The third kappa shape index (κ3) is 2.42. The van der Waals surface area contributed by atoms with Crippen LogP contribution in [0, 0.1) is 13.8 Å². The van der Waals surface area contributed by atoms with Crippen molar-refractivity contribution < 1.29 is 14.3 Å². The van der Waals surface area contributed by atoms with E-state index in [-0.39, 0.29) is 25.5 Å². The van der Waals surface area contributed by atoms with Crippen molar-refractivity contribution in [3.05, 3.63) is 35.0 Å². The Kier molecular flexibility index (Phi) is 3.45. The molecule has 0 bridgehead atoms. The summed E-state index contributed by atoms with van der Waals surface area (Å²) in [4.78, 5) is 17.1. The first-order chi connectivity index (χ1) is 9.99. The van der Waals surface area contributed by atoms with Gasteiger partial charge in [-0.15, -0.1) is 0 Å². The molecule has 1 saturated heterocycles. The Bertz CT molecular complexity index is 695. The average Bonchev–Trinajstić information content (AvgIpc) is 3.01. The molecule has 2 N–H and O–H groups in total. The van der Waals surface area contributed by atoms with Gasteiger partial charge in [0.15, 0.2) is 0 Å². The summed E-state index contributed by atoms with van der Waals surface area (Å²) in [5, 5.41) is 10.3. The molecule has 1 fully saturated rings. The summed E-state index contributed by atoms with van der Waals surface area (Å²) >= 11 is 0. The number of aromatic nitrogens is 1. The van der Waals surface area contributed by atoms with E-state index in [1.165, 1.54) is 4.90 Å². The minimum Gasteiger partial charge on any atom is -0.394 e. The first-order valence-corrected chi connectivity index (χ1v) is 7.15. The molecule has 0 spiro atoms. The van der Waals surface area contributed by atoms with Gasteiger partial charge >= 0.3 is 0 Å². The number of carbonyl (C=O) groups is 1. The lowest BCUT2D eigenvalue weighted by molar-refractivity contribution is 0.0668. The Morgan fingerprint density at radius 3 is 2.90 bits per heavy atom. The fourth-order valence-corrected chi connectivity index (χ4v) is 3.15. The average molecular weight is 290 g/mol. The van der Waals surface area contributed by atoms with Crippen molar-refractivity contribution in [2.45, 2.75) is 32.5 Å². The van der Waals surface area contributed by atoms with Crippen molar-refractivity contribution in [3.8, 4) is 0 Å². The summed E-state index contributed by atoms with van der Waals surface area (Å²) in [5.74, 6) is -0.248. The number of amides is 1. The van der Waals surface area contributed by atoms with Crippen molar-refractivity contribution in [2.24, 2.45) is 0 Å². The maximum Gasteiger partial charge on any atom is 0.270 e. The summed E-state index contributed by atoms with van der Waals surface area (Å²) in [5.41, 5.74) is 3.58. The minimum absolute atomic E-state index is 0.0530. The highest BCUT2D eigenvalue weighted by atomic mass is 19.1. The fourth-order valence-electron chi connectivity index (χ4n) is 3.15. The van der Waals surface area contributed by atoms with E-state index >= 15 is 0 Å². The van der Waals surface area contributed by atoms with Gasteiger partial charge in [-0.3, -0.25) is 4.79 Å². The maximum absolute atomic E-state index is 13.5. The van der Waals surface area contributed by atoms with E-state index in [1.54, 1.807) is 0 Å². The number of aromatic amines is 1. The molecular formula is C16H19FN2O2. The number of H-pyrrole nitrogens is 1. The van der Waals surface area contributed by atoms with Gasteiger partial charge < -0.3 is 15.0 Å². The number of benzene rings is 1. The van der Waals surface area contributed by atoms with Crippen LogP contribution in [0.1, 0.15) is 28.0 Å². The predicted octanol–water partition coefficient (Wildman–Crippen LogP) is 2.33. The summed E-state index contributed by atoms with van der Waals surface area (Å²) in [6.45, 7) is 3.86. The Balaban J connectivity index is 1.96. The molecule has 1 aliphatic heterocycles. The summed E-state index contributed by atoms with van der Waals surface area (Å²) in [6, 6.07) is 5.44. The van der Waals surface area contributed by atoms with Crippen molar-refractivity contribution in [2.75, 3.05) is 13.2 Å². The van der Waals surface area contributed by atoms with Crippen LogP contribution in [0.2, 0.25) is 0 Å². The van der Waals surface area contributed by atoms with Gasteiger partial charge in [-0.05, 0) is 37.1 Å². The van der Waals surface area contributed by atoms with Gasteiger partial charge in [0.2, 0.25) is 0 Å². The molecule has 5 heteroatoms. The van der Waals surface area contributed by atoms with Gasteiger partial charge in [0.1, 0.15) is 11.9 Å². The number of nitrogens with one attached hydrogen (secondary N) is 1. The fraction of sp³-hybridized carbons (Fsp3) is 0.438. The molecule has 21 heavy (non-hydrogen) atoms. The van der Waals surface area contributed by atoms with Crippen molar-refractivity contribution in [1.82, 2.24) is 9.88 Å². The lowest BCUT2D eigenvalue weighted by atomic mass is 10.1. The van der Waals surface area contributed by atoms with Gasteiger partial charge in [0.05, 0.1) is 19.2 Å². The van der Waals surface area contributed by atoms with Crippen LogP contribution >= 0.6 is 0 Å². The van der Waals surface area contributed by atoms with E-state index in [4.69, 9.17) is 0 Å². The number of hydrogen-bond donors (Lipinski definition) is 2. The number of alkyl halides is 1. The normalized spacial score (nSPS) is 22.2. The van der Waals surface area contributed by atoms with Gasteiger partial charge in [0.25, 0.3) is 5.91 Å². The van der Waals surface area contributed by atoms with E-state index in [1.807, 2.05) is 26.0 Å². The van der Waals surface area contributed by atoms with Crippen LogP contribution in [-0.2, 0) is 0 Å². The minimum atomic E-state index is -1.06. The molecule has 112 valence electrons. The van der Waals surface area contributed by atoms with Gasteiger partial charge in [-0.25, -0.2) is 4.39 Å². The number of halogens is 1. The van der Waals surface area contributed by atoms with E-state index in [0.29, 0.717) is 5.69 Å². The molecular weight excluding hydrogens is 271 g/mol. The van der Waals surface area contributed by atoms with E-state index < -0.39 is 12.2 Å². The van der Waals surface area contributed by atoms with Crippen LogP contribution in [0.25, 0.3) is 10.9 Å². The number of fused-ring (bicyclic) bond motifs is 1. The number of likely N-dealkylation sites (tertiary alicyclic amines) is 1. The van der Waals surface area contributed by atoms with E-state index in [9.17, 15) is 14.3 Å². The number of rotatable bonds is 2. The number of aliphatic hydroxyl groups excluding tert-OH is 1. The second kappa shape index (κ2) is 5.15. The third-order valence-electron chi connectivity index (χ3n) is 4.15. The van der Waals surface area contributed by atoms with E-state index in [2.05, 4.69) is 11.1 Å². The Labute approximate surface area is 122 Å². The van der Waals surface area contributed by atoms with Crippen molar-refractivity contribution in [3.63, 3.8) is 0 Å². The molecule has 1 aromatic heterocycles. The van der Waals surface area contributed by atoms with E-state index in [0.717, 1.165) is 22.0 Å². The quantitative estimate of drug-likeness (QED) is 0.892. The van der Waals surface area contributed by atoms with Crippen LogP contribution in [-0.4, -0.2) is 46.3 Å². The summed E-state index contributed by atoms with van der Waals surface area (Å²) in [7, 11) is 0. The molecule has 0 unspecified atom stereocenters. The lowest BCUT2D eigenvalue weighted by Gasteiger charge is -2.21. The van der Waals surface area contributed by atoms with Crippen LogP contribution in [0.3, 0.4) is 0 Å². The van der Waals surface area contributed by atoms with Crippen LogP contribution < -0.4 is 0 Å². The number of nitrogens with zero attached hydrogens (tertiary/aromatic N) is 1. The van der Waals surface area contributed by atoms with Crippen LogP contribution in [0.5, 0.6) is 0 Å². The number of carbonyl (C=O) groups excluding carboxylic acids is 1. The molecule has 4 nitrogen and oxygen atoms in total. The zero-order valence-corrected chi connectivity index (χ0v) is 12.2. The Hall–Kier alpha value is -1.88. The van der Waals surface area contributed by atoms with Crippen molar-refractivity contribution in [1.29, 1.82) is 0 Å². The first kappa shape index (κ1) is 14.1. The predicted molar refractivity (Wildman–Crippen MR) is 79.2 cm³/mol. The number of hydrogen-bond acceptors (Lipinski definition) is 2. The monoisotopic (exact) mass is 290 g/mol. The van der Waals surface area contributed by atoms with Crippen LogP contribution in [0.4, 0.5) is 4.39 Å². The smallest absolute Gasteiger partial charge is 0.270 e. The van der Waals surface area contributed by atoms with Gasteiger partial charge in [-0.2, -0.15) is 0 Å². The summed E-state index contributed by atoms with van der Waals surface area (Å²) < 4.78 is 13.5. The SMILES string of the molecule is Cc1cc(C)c2cc(C(=O)N3C[C@@H](F)C[C@H]3CO)[nH]c2c1. The largest absolute Gasteiger partial charge is 0.394 e. The standard InChI is InChI=1S/C16H19FN2O2/c1-9-3-10(2)13-6-15(18-14(13)4-9)16(21)19-7-11(17)5-12(19)8-20/h3-4,6,11-12,18,20H,5,7-8H2,1-2H3/t11-,12-/m0/s1. The Morgan fingerprint density at radius 2 is 2.19 bits per heavy atom. The molecule has 2 heterocycles. The molecule has 1 aromatic carbocycles. The van der Waals surface area contributed by atoms with Crippen molar-refractivity contribution >= 4 is 16.8 Å². The molecule has 0 radical (unpaired) electrons. The molecule has 3 rings (SSSR count). The second-order valence-corrected chi connectivity index (χ2v) is 5.85. The molecule has 0 saturated carbocycles. The molecule has 0 aliphatic carbocycles. The molecule has 2 atom stereocenters. The lowest BCUT2D eigenvalue weighted by Crippen LogP contribution is -2.38. The van der Waals surface area contributed by atoms with Gasteiger partial charge in [0, 0.05) is 17.3 Å². The zero-order chi connectivity index (χ0) is 15.1. The number of aliphatic hydroxyl groups is 1. The maximum atomic E-state index is 13.5. The third-order valence-corrected chi connectivity index (χ3v) is 4.15. The second-order valence-electron chi connectivity index (χ2n) is 5.85. The zero-order valence-electron chi connectivity index (χ0n) is 12.2. The highest BCUT2D eigenvalue weighted by molar-refractivity contribution is 5.99. The topological polar surface area (TPSA) is 56.3 Å². The highest BCUT2D eigenvalue weighted by Crippen LogP contribution is 2.25. The number of aryl methyl sites for hydroxylation is 2. The van der Waals surface area contributed by atoms with Crippen LogP contribution in [0.15, 0.2) is 18.2 Å². The van der Waals surface area contributed by atoms with Gasteiger partial charge in [-0.1, -0.05) is 6.07 Å². The highest BCUT2D eigenvalue weighted by Gasteiger charge is 2.35. The summed E-state index contributed by atoms with van der Waals surface area (Å²) in [6.07, 6.45) is -0.847. The molecule has 1 amide bonds. The molecule has 2 aromatic rings. The first-order valence-electron chi connectivity index (χ1n) is 7.15.